The van der Waals surface area contributed by atoms with Crippen LogP contribution in [0, 0.1) is 0 Å². The van der Waals surface area contributed by atoms with Gasteiger partial charge in [-0.1, -0.05) is 37.7 Å². The van der Waals surface area contributed by atoms with Crippen LogP contribution in [0.5, 0.6) is 5.75 Å². The second kappa shape index (κ2) is 10.2. The highest BCUT2D eigenvalue weighted by Crippen LogP contribution is 2.30. The zero-order valence-corrected chi connectivity index (χ0v) is 19.3. The third-order valence-corrected chi connectivity index (χ3v) is 7.35. The molecule has 1 aromatic heterocycles. The second-order valence-electron chi connectivity index (χ2n) is 6.47. The van der Waals surface area contributed by atoms with Crippen molar-refractivity contribution in [3.8, 4) is 5.75 Å². The van der Waals surface area contributed by atoms with Gasteiger partial charge in [-0.2, -0.15) is 4.31 Å². The number of anilines is 1. The average molecular weight is 464 g/mol. The van der Waals surface area contributed by atoms with Crippen LogP contribution in [0.4, 0.5) is 5.69 Å². The molecular formula is C21H25N3O5S2. The van der Waals surface area contributed by atoms with Gasteiger partial charge in [0, 0.05) is 18.8 Å². The number of nitrogens with zero attached hydrogens (tertiary/aromatic N) is 2. The molecule has 0 saturated heterocycles. The van der Waals surface area contributed by atoms with E-state index in [1.54, 1.807) is 32.9 Å². The Morgan fingerprint density at radius 1 is 1.16 bits per heavy atom. The highest BCUT2D eigenvalue weighted by molar-refractivity contribution is 7.99. The lowest BCUT2D eigenvalue weighted by Gasteiger charge is -2.21. The van der Waals surface area contributed by atoms with Crippen molar-refractivity contribution >= 4 is 44.5 Å². The molecule has 0 unspecified atom stereocenters. The van der Waals surface area contributed by atoms with Crippen LogP contribution < -0.4 is 10.1 Å². The lowest BCUT2D eigenvalue weighted by Crippen LogP contribution is -2.31. The Morgan fingerprint density at radius 2 is 1.90 bits per heavy atom. The predicted octanol–water partition coefficient (Wildman–Crippen LogP) is 3.99. The van der Waals surface area contributed by atoms with Crippen LogP contribution in [-0.2, 0) is 14.8 Å². The summed E-state index contributed by atoms with van der Waals surface area (Å²) in [4.78, 5) is 16.8. The van der Waals surface area contributed by atoms with Crippen molar-refractivity contribution < 1.29 is 22.4 Å². The Bertz CT molecular complexity index is 1120. The first-order valence-electron chi connectivity index (χ1n) is 9.94. The van der Waals surface area contributed by atoms with Gasteiger partial charge in [-0.05, 0) is 37.3 Å². The van der Waals surface area contributed by atoms with Crippen LogP contribution in [0.3, 0.4) is 0 Å². The fourth-order valence-corrected chi connectivity index (χ4v) is 5.26. The zero-order chi connectivity index (χ0) is 22.4. The number of fused-ring (bicyclic) bond motifs is 1. The molecule has 0 atom stereocenters. The van der Waals surface area contributed by atoms with Crippen molar-refractivity contribution in [2.24, 2.45) is 0 Å². The number of hydrogen-bond acceptors (Lipinski definition) is 7. The molecule has 0 fully saturated rings. The van der Waals surface area contributed by atoms with E-state index in [9.17, 15) is 13.2 Å². The quantitative estimate of drug-likeness (QED) is 0.454. The van der Waals surface area contributed by atoms with Crippen LogP contribution in [-0.4, -0.2) is 49.1 Å². The molecule has 0 aliphatic rings. The van der Waals surface area contributed by atoms with Crippen molar-refractivity contribution in [2.75, 3.05) is 30.8 Å². The molecule has 1 heterocycles. The molecule has 3 rings (SSSR count). The number of oxazole rings is 1. The molecule has 1 amide bonds. The van der Waals surface area contributed by atoms with Gasteiger partial charge < -0.3 is 14.5 Å². The van der Waals surface area contributed by atoms with Gasteiger partial charge in [-0.15, -0.1) is 0 Å². The van der Waals surface area contributed by atoms with Gasteiger partial charge in [0.05, 0.1) is 12.4 Å². The summed E-state index contributed by atoms with van der Waals surface area (Å²) in [5.74, 6) is 0.0221. The first-order valence-corrected chi connectivity index (χ1v) is 12.4. The van der Waals surface area contributed by atoms with Gasteiger partial charge in [0.25, 0.3) is 5.22 Å². The van der Waals surface area contributed by atoms with Gasteiger partial charge in [-0.25, -0.2) is 13.4 Å². The normalized spacial score (nSPS) is 11.7. The third kappa shape index (κ3) is 5.38. The lowest BCUT2D eigenvalue weighted by atomic mass is 10.3. The van der Waals surface area contributed by atoms with Crippen molar-refractivity contribution in [1.29, 1.82) is 0 Å². The van der Waals surface area contributed by atoms with E-state index in [2.05, 4.69) is 10.3 Å². The number of benzene rings is 2. The maximum atomic E-state index is 13.0. The van der Waals surface area contributed by atoms with Gasteiger partial charge in [0.2, 0.25) is 15.9 Å². The van der Waals surface area contributed by atoms with E-state index in [1.165, 1.54) is 22.1 Å². The van der Waals surface area contributed by atoms with E-state index in [4.69, 9.17) is 9.15 Å². The standard InChI is InChI=1S/C21H25N3O5S2/c1-4-24(5-2)31(26,27)19-13-15(11-12-18(19)28-6-3)22-20(25)14-30-21-23-16-9-7-8-10-17(16)29-21/h7-13H,4-6,14H2,1-3H3,(H,22,25). The van der Waals surface area contributed by atoms with Crippen molar-refractivity contribution in [2.45, 2.75) is 30.9 Å². The number of carbonyl (C=O) groups is 1. The molecule has 31 heavy (non-hydrogen) atoms. The first-order chi connectivity index (χ1) is 14.9. The van der Waals surface area contributed by atoms with E-state index in [0.717, 1.165) is 5.52 Å². The van der Waals surface area contributed by atoms with Crippen LogP contribution in [0.15, 0.2) is 57.0 Å². The molecule has 10 heteroatoms. The Kier molecular flexibility index (Phi) is 7.58. The molecule has 2 aromatic carbocycles. The summed E-state index contributed by atoms with van der Waals surface area (Å²) < 4.78 is 38.5. The molecular weight excluding hydrogens is 438 g/mol. The minimum absolute atomic E-state index is 0.0300. The van der Waals surface area contributed by atoms with E-state index >= 15 is 0 Å². The molecule has 0 radical (unpaired) electrons. The summed E-state index contributed by atoms with van der Waals surface area (Å²) in [7, 11) is -3.76. The smallest absolute Gasteiger partial charge is 0.257 e. The maximum absolute atomic E-state index is 13.0. The SMILES string of the molecule is CCOc1ccc(NC(=O)CSc2nc3ccccc3o2)cc1S(=O)(=O)N(CC)CC. The summed E-state index contributed by atoms with van der Waals surface area (Å²) in [5.41, 5.74) is 1.75. The number of nitrogens with one attached hydrogen (secondary N) is 1. The molecule has 0 saturated carbocycles. The van der Waals surface area contributed by atoms with Crippen LogP contribution in [0.2, 0.25) is 0 Å². The number of aromatic nitrogens is 1. The molecule has 8 nitrogen and oxygen atoms in total. The molecule has 0 spiro atoms. The van der Waals surface area contributed by atoms with Gasteiger partial charge in [0.1, 0.15) is 16.2 Å². The number of sulfonamides is 1. The molecule has 0 aliphatic carbocycles. The molecule has 0 bridgehead atoms. The first kappa shape index (κ1) is 23.1. The van der Waals surface area contributed by atoms with Crippen molar-refractivity contribution in [3.63, 3.8) is 0 Å². The maximum Gasteiger partial charge on any atom is 0.257 e. The predicted molar refractivity (Wildman–Crippen MR) is 121 cm³/mol. The van der Waals surface area contributed by atoms with Crippen LogP contribution in [0.1, 0.15) is 20.8 Å². The van der Waals surface area contributed by atoms with Crippen molar-refractivity contribution in [1.82, 2.24) is 9.29 Å². The van der Waals surface area contributed by atoms with E-state index < -0.39 is 10.0 Å². The Labute approximate surface area is 186 Å². The molecule has 0 aliphatic heterocycles. The topological polar surface area (TPSA) is 102 Å². The number of carbonyl (C=O) groups excluding carboxylic acids is 1. The van der Waals surface area contributed by atoms with E-state index in [1.807, 2.05) is 24.3 Å². The second-order valence-corrected chi connectivity index (χ2v) is 9.30. The number of amides is 1. The monoisotopic (exact) mass is 463 g/mol. The van der Waals surface area contributed by atoms with E-state index in [0.29, 0.717) is 36.2 Å². The Balaban J connectivity index is 1.75. The highest BCUT2D eigenvalue weighted by Gasteiger charge is 2.26. The summed E-state index contributed by atoms with van der Waals surface area (Å²) in [6.45, 7) is 6.33. The fraction of sp³-hybridized carbons (Fsp3) is 0.333. The zero-order valence-electron chi connectivity index (χ0n) is 17.6. The summed E-state index contributed by atoms with van der Waals surface area (Å²) in [5, 5.41) is 3.13. The average Bonchev–Trinajstić information content (AvgIpc) is 3.17. The van der Waals surface area contributed by atoms with Crippen LogP contribution in [0.25, 0.3) is 11.1 Å². The minimum Gasteiger partial charge on any atom is -0.492 e. The van der Waals surface area contributed by atoms with Crippen molar-refractivity contribution in [3.05, 3.63) is 42.5 Å². The fourth-order valence-electron chi connectivity index (χ4n) is 3.00. The van der Waals surface area contributed by atoms with Gasteiger partial charge >= 0.3 is 0 Å². The van der Waals surface area contributed by atoms with Gasteiger partial charge in [0.15, 0.2) is 5.58 Å². The summed E-state index contributed by atoms with van der Waals surface area (Å²) in [6.07, 6.45) is 0. The molecule has 3 aromatic rings. The molecule has 1 N–H and O–H groups in total. The van der Waals surface area contributed by atoms with Crippen LogP contribution >= 0.6 is 11.8 Å². The minimum atomic E-state index is -3.76. The summed E-state index contributed by atoms with van der Waals surface area (Å²) in [6, 6.07) is 12.0. The van der Waals surface area contributed by atoms with E-state index in [-0.39, 0.29) is 22.3 Å². The largest absolute Gasteiger partial charge is 0.492 e. The Hall–Kier alpha value is -2.56. The third-order valence-electron chi connectivity index (χ3n) is 4.45. The number of hydrogen-bond donors (Lipinski definition) is 1. The Morgan fingerprint density at radius 3 is 2.58 bits per heavy atom. The summed E-state index contributed by atoms with van der Waals surface area (Å²) >= 11 is 1.17. The highest BCUT2D eigenvalue weighted by atomic mass is 32.2. The lowest BCUT2D eigenvalue weighted by molar-refractivity contribution is -0.113. The number of ether oxygens (including phenoxy) is 1. The number of rotatable bonds is 10. The van der Waals surface area contributed by atoms with Gasteiger partial charge in [-0.3, -0.25) is 4.79 Å². The number of para-hydroxylation sites is 2. The molecule has 166 valence electrons. The number of thioether (sulfide) groups is 1.